The van der Waals surface area contributed by atoms with E-state index in [1.807, 2.05) is 6.92 Å². The molecule has 0 saturated heterocycles. The highest BCUT2D eigenvalue weighted by molar-refractivity contribution is 6.33. The normalized spacial score (nSPS) is 11.2. The van der Waals surface area contributed by atoms with Crippen molar-refractivity contribution in [2.45, 2.75) is 25.8 Å². The average molecular weight is 234 g/mol. The Morgan fingerprint density at radius 3 is 2.75 bits per heavy atom. The summed E-state index contributed by atoms with van der Waals surface area (Å²) in [5, 5.41) is 21.1. The van der Waals surface area contributed by atoms with Crippen molar-refractivity contribution in [3.63, 3.8) is 0 Å². The maximum Gasteiger partial charge on any atom is 0.0992 e. The molecule has 82 valence electrons. The topological polar surface area (TPSA) is 59.6 Å². The first-order valence-corrected chi connectivity index (χ1v) is 5.42. The van der Waals surface area contributed by atoms with E-state index in [1.165, 1.54) is 0 Å². The first kappa shape index (κ1) is 12.4. The van der Waals surface area contributed by atoms with Crippen LogP contribution in [0.4, 0.5) is 5.69 Å². The van der Waals surface area contributed by atoms with Crippen molar-refractivity contribution in [2.24, 2.45) is 0 Å². The molecule has 0 amide bonds. The molecular formula is C12H12ClN3. The Balaban J connectivity index is 2.87. The van der Waals surface area contributed by atoms with E-state index in [9.17, 15) is 0 Å². The van der Waals surface area contributed by atoms with E-state index in [4.69, 9.17) is 22.1 Å². The molecule has 1 aromatic rings. The molecule has 0 heterocycles. The molecule has 0 aliphatic heterocycles. The molecule has 3 nitrogen and oxygen atoms in total. The number of hydrogen-bond acceptors (Lipinski definition) is 3. The molecule has 4 heteroatoms. The van der Waals surface area contributed by atoms with Gasteiger partial charge in [0.2, 0.25) is 0 Å². The summed E-state index contributed by atoms with van der Waals surface area (Å²) in [6.45, 7) is 2.00. The molecule has 16 heavy (non-hydrogen) atoms. The van der Waals surface area contributed by atoms with Crippen LogP contribution in [0.1, 0.15) is 25.3 Å². The third-order valence-corrected chi connectivity index (χ3v) is 2.62. The van der Waals surface area contributed by atoms with Crippen molar-refractivity contribution >= 4 is 17.3 Å². The maximum atomic E-state index is 8.77. The molecule has 0 bridgehead atoms. The molecule has 0 radical (unpaired) electrons. The predicted molar refractivity (Wildman–Crippen MR) is 64.1 cm³/mol. The van der Waals surface area contributed by atoms with Gasteiger partial charge in [-0.3, -0.25) is 0 Å². The van der Waals surface area contributed by atoms with E-state index in [1.54, 1.807) is 18.2 Å². The number of nitrogens with one attached hydrogen (secondary N) is 1. The van der Waals surface area contributed by atoms with Gasteiger partial charge in [0.25, 0.3) is 0 Å². The molecule has 0 fully saturated rings. The van der Waals surface area contributed by atoms with Gasteiger partial charge in [-0.2, -0.15) is 10.5 Å². The molecule has 1 aromatic carbocycles. The van der Waals surface area contributed by atoms with Gasteiger partial charge in [0, 0.05) is 6.04 Å². The van der Waals surface area contributed by atoms with Crippen LogP contribution in [0.3, 0.4) is 0 Å². The fraction of sp³-hybridized carbons (Fsp3) is 0.333. The summed E-state index contributed by atoms with van der Waals surface area (Å²) in [6.07, 6.45) is 1.25. The third kappa shape index (κ3) is 3.15. The van der Waals surface area contributed by atoms with Gasteiger partial charge in [-0.05, 0) is 24.6 Å². The fourth-order valence-electron chi connectivity index (χ4n) is 1.33. The molecule has 1 unspecified atom stereocenters. The van der Waals surface area contributed by atoms with E-state index in [-0.39, 0.29) is 6.04 Å². The minimum absolute atomic E-state index is 0.0662. The SMILES string of the molecule is CCC(CC#N)Nc1cc(C#N)ccc1Cl. The molecule has 1 N–H and O–H groups in total. The summed E-state index contributed by atoms with van der Waals surface area (Å²) in [5.74, 6) is 0. The Bertz CT molecular complexity index is 443. The van der Waals surface area contributed by atoms with E-state index >= 15 is 0 Å². The number of hydrogen-bond donors (Lipinski definition) is 1. The molecule has 1 atom stereocenters. The van der Waals surface area contributed by atoms with Gasteiger partial charge in [-0.25, -0.2) is 0 Å². The lowest BCUT2D eigenvalue weighted by atomic mass is 10.1. The van der Waals surface area contributed by atoms with Crippen molar-refractivity contribution in [3.05, 3.63) is 28.8 Å². The standard InChI is InChI=1S/C12H12ClN3/c1-2-10(5-6-14)16-12-7-9(8-15)3-4-11(12)13/h3-4,7,10,16H,2,5H2,1H3. The van der Waals surface area contributed by atoms with Crippen LogP contribution in [0.25, 0.3) is 0 Å². The van der Waals surface area contributed by atoms with E-state index in [0.29, 0.717) is 22.7 Å². The number of nitriles is 2. The first-order chi connectivity index (χ1) is 7.71. The molecule has 0 saturated carbocycles. The zero-order valence-electron chi connectivity index (χ0n) is 9.00. The highest BCUT2D eigenvalue weighted by Crippen LogP contribution is 2.24. The zero-order chi connectivity index (χ0) is 12.0. The Morgan fingerprint density at radius 2 is 2.19 bits per heavy atom. The van der Waals surface area contributed by atoms with Crippen LogP contribution < -0.4 is 5.32 Å². The van der Waals surface area contributed by atoms with Crippen LogP contribution >= 0.6 is 11.6 Å². The van der Waals surface area contributed by atoms with Crippen molar-refractivity contribution in [1.82, 2.24) is 0 Å². The maximum absolute atomic E-state index is 8.77. The quantitative estimate of drug-likeness (QED) is 0.868. The molecule has 0 aromatic heterocycles. The lowest BCUT2D eigenvalue weighted by Gasteiger charge is -2.16. The van der Waals surface area contributed by atoms with Crippen molar-refractivity contribution in [2.75, 3.05) is 5.32 Å². The van der Waals surface area contributed by atoms with E-state index in [0.717, 1.165) is 6.42 Å². The summed E-state index contributed by atoms with van der Waals surface area (Å²) in [4.78, 5) is 0. The molecule has 0 aliphatic rings. The van der Waals surface area contributed by atoms with Crippen molar-refractivity contribution in [1.29, 1.82) is 10.5 Å². The van der Waals surface area contributed by atoms with E-state index in [2.05, 4.69) is 17.5 Å². The van der Waals surface area contributed by atoms with Gasteiger partial charge >= 0.3 is 0 Å². The molecule has 0 aliphatic carbocycles. The van der Waals surface area contributed by atoms with Gasteiger partial charge in [0.15, 0.2) is 0 Å². The van der Waals surface area contributed by atoms with Crippen molar-refractivity contribution in [3.8, 4) is 12.1 Å². The van der Waals surface area contributed by atoms with Gasteiger partial charge in [-0.1, -0.05) is 18.5 Å². The smallest absolute Gasteiger partial charge is 0.0992 e. The fourth-order valence-corrected chi connectivity index (χ4v) is 1.51. The number of nitrogens with zero attached hydrogens (tertiary/aromatic N) is 2. The Labute approximate surface area is 100 Å². The van der Waals surface area contributed by atoms with Crippen LogP contribution in [-0.4, -0.2) is 6.04 Å². The monoisotopic (exact) mass is 233 g/mol. The van der Waals surface area contributed by atoms with Crippen LogP contribution in [0.15, 0.2) is 18.2 Å². The van der Waals surface area contributed by atoms with E-state index < -0.39 is 0 Å². The Hall–Kier alpha value is -1.71. The minimum atomic E-state index is 0.0662. The number of benzene rings is 1. The Morgan fingerprint density at radius 1 is 1.44 bits per heavy atom. The number of halogens is 1. The largest absolute Gasteiger partial charge is 0.380 e. The second-order valence-corrected chi connectivity index (χ2v) is 3.83. The van der Waals surface area contributed by atoms with Gasteiger partial charge in [-0.15, -0.1) is 0 Å². The minimum Gasteiger partial charge on any atom is -0.380 e. The average Bonchev–Trinajstić information content (AvgIpc) is 2.31. The summed E-state index contributed by atoms with van der Waals surface area (Å²) in [5.41, 5.74) is 1.27. The summed E-state index contributed by atoms with van der Waals surface area (Å²) >= 11 is 6.00. The molecular weight excluding hydrogens is 222 g/mol. The highest BCUT2D eigenvalue weighted by atomic mass is 35.5. The third-order valence-electron chi connectivity index (χ3n) is 2.29. The van der Waals surface area contributed by atoms with Crippen LogP contribution in [0, 0.1) is 22.7 Å². The van der Waals surface area contributed by atoms with Crippen LogP contribution in [0.2, 0.25) is 5.02 Å². The van der Waals surface area contributed by atoms with Gasteiger partial charge < -0.3 is 5.32 Å². The molecule has 1 rings (SSSR count). The predicted octanol–water partition coefficient (Wildman–Crippen LogP) is 3.32. The summed E-state index contributed by atoms with van der Waals surface area (Å²) < 4.78 is 0. The number of anilines is 1. The van der Waals surface area contributed by atoms with Crippen molar-refractivity contribution < 1.29 is 0 Å². The lowest BCUT2D eigenvalue weighted by Crippen LogP contribution is -2.17. The van der Waals surface area contributed by atoms with Gasteiger partial charge in [0.05, 0.1) is 34.8 Å². The van der Waals surface area contributed by atoms with Crippen LogP contribution in [-0.2, 0) is 0 Å². The highest BCUT2D eigenvalue weighted by Gasteiger charge is 2.08. The summed E-state index contributed by atoms with van der Waals surface area (Å²) in [6, 6.07) is 9.28. The van der Waals surface area contributed by atoms with Gasteiger partial charge in [0.1, 0.15) is 0 Å². The number of rotatable bonds is 4. The zero-order valence-corrected chi connectivity index (χ0v) is 9.75. The molecule has 0 spiro atoms. The summed E-state index contributed by atoms with van der Waals surface area (Å²) in [7, 11) is 0. The Kier molecular flexibility index (Phi) is 4.64. The second kappa shape index (κ2) is 6.00. The first-order valence-electron chi connectivity index (χ1n) is 5.04. The van der Waals surface area contributed by atoms with Crippen LogP contribution in [0.5, 0.6) is 0 Å². The second-order valence-electron chi connectivity index (χ2n) is 3.42. The lowest BCUT2D eigenvalue weighted by molar-refractivity contribution is 0.711.